The predicted molar refractivity (Wildman–Crippen MR) is 48.1 cm³/mol. The van der Waals surface area contributed by atoms with Crippen molar-refractivity contribution in [3.8, 4) is 0 Å². The molecule has 2 heterocycles. The third-order valence-corrected chi connectivity index (χ3v) is 3.07. The Balaban J connectivity index is 1.91. The highest BCUT2D eigenvalue weighted by atomic mass is 16.3. The van der Waals surface area contributed by atoms with E-state index in [-0.39, 0.29) is 0 Å². The van der Waals surface area contributed by atoms with Gasteiger partial charge in [0.1, 0.15) is 5.60 Å². The van der Waals surface area contributed by atoms with E-state index in [1.54, 1.807) is 0 Å². The lowest BCUT2D eigenvalue weighted by molar-refractivity contribution is -0.0439. The molecule has 0 saturated carbocycles. The fraction of sp³-hybridized carbons (Fsp3) is 1.00. The van der Waals surface area contributed by atoms with E-state index in [1.807, 2.05) is 0 Å². The van der Waals surface area contributed by atoms with Crippen molar-refractivity contribution in [2.45, 2.75) is 37.3 Å². The number of β-amino-alcohol motifs (C(OH)–C–C–N with tert-alkyl or cyclic N) is 1. The standard InChI is InChI=1S/C9H18N2O/c12-9(6-10-7-9)8-4-2-1-3-5-11-8/h8,10-12H,1-7H2. The van der Waals surface area contributed by atoms with Gasteiger partial charge in [0.05, 0.1) is 0 Å². The van der Waals surface area contributed by atoms with Gasteiger partial charge in [-0.25, -0.2) is 0 Å². The molecule has 3 nitrogen and oxygen atoms in total. The summed E-state index contributed by atoms with van der Waals surface area (Å²) in [5.41, 5.74) is -0.440. The van der Waals surface area contributed by atoms with Crippen LogP contribution in [0.15, 0.2) is 0 Å². The quantitative estimate of drug-likeness (QED) is 0.513. The van der Waals surface area contributed by atoms with E-state index in [0.717, 1.165) is 26.1 Å². The Labute approximate surface area is 73.5 Å². The van der Waals surface area contributed by atoms with Crippen molar-refractivity contribution < 1.29 is 5.11 Å². The first-order valence-electron chi connectivity index (χ1n) is 4.98. The molecule has 70 valence electrons. The Morgan fingerprint density at radius 1 is 1.17 bits per heavy atom. The number of rotatable bonds is 1. The predicted octanol–water partition coefficient (Wildman–Crippen LogP) is -0.147. The highest BCUT2D eigenvalue weighted by Crippen LogP contribution is 2.22. The average molecular weight is 170 g/mol. The van der Waals surface area contributed by atoms with Crippen LogP contribution in [0.25, 0.3) is 0 Å². The first-order chi connectivity index (χ1) is 5.81. The van der Waals surface area contributed by atoms with Crippen LogP contribution in [-0.2, 0) is 0 Å². The van der Waals surface area contributed by atoms with Gasteiger partial charge in [-0.05, 0) is 19.4 Å². The molecule has 0 amide bonds. The average Bonchev–Trinajstić information content (AvgIpc) is 2.27. The monoisotopic (exact) mass is 170 g/mol. The van der Waals surface area contributed by atoms with E-state index in [0.29, 0.717) is 6.04 Å². The van der Waals surface area contributed by atoms with Crippen LogP contribution in [0.5, 0.6) is 0 Å². The summed E-state index contributed by atoms with van der Waals surface area (Å²) in [4.78, 5) is 0. The molecule has 2 saturated heterocycles. The van der Waals surface area contributed by atoms with Gasteiger partial charge in [-0.3, -0.25) is 0 Å². The van der Waals surface area contributed by atoms with Crippen molar-refractivity contribution in [3.05, 3.63) is 0 Å². The van der Waals surface area contributed by atoms with Crippen molar-refractivity contribution >= 4 is 0 Å². The lowest BCUT2D eigenvalue weighted by Crippen LogP contribution is -2.69. The van der Waals surface area contributed by atoms with Crippen LogP contribution in [0.4, 0.5) is 0 Å². The van der Waals surface area contributed by atoms with Crippen LogP contribution < -0.4 is 10.6 Å². The summed E-state index contributed by atoms with van der Waals surface area (Å²) in [6, 6.07) is 0.334. The first-order valence-corrected chi connectivity index (χ1v) is 4.98. The summed E-state index contributed by atoms with van der Waals surface area (Å²) in [5, 5.41) is 16.6. The van der Waals surface area contributed by atoms with E-state index >= 15 is 0 Å². The molecule has 0 aromatic heterocycles. The van der Waals surface area contributed by atoms with E-state index in [2.05, 4.69) is 10.6 Å². The first kappa shape index (κ1) is 8.48. The van der Waals surface area contributed by atoms with Gasteiger partial charge in [0.2, 0.25) is 0 Å². The smallest absolute Gasteiger partial charge is 0.105 e. The second-order valence-corrected chi connectivity index (χ2v) is 4.06. The van der Waals surface area contributed by atoms with Gasteiger partial charge in [0.15, 0.2) is 0 Å². The van der Waals surface area contributed by atoms with Gasteiger partial charge in [0.25, 0.3) is 0 Å². The van der Waals surface area contributed by atoms with E-state index in [4.69, 9.17) is 0 Å². The van der Waals surface area contributed by atoms with Crippen molar-refractivity contribution in [2.75, 3.05) is 19.6 Å². The molecule has 0 radical (unpaired) electrons. The summed E-state index contributed by atoms with van der Waals surface area (Å²) >= 11 is 0. The Morgan fingerprint density at radius 2 is 2.00 bits per heavy atom. The summed E-state index contributed by atoms with van der Waals surface area (Å²) in [7, 11) is 0. The molecule has 2 rings (SSSR count). The van der Waals surface area contributed by atoms with E-state index < -0.39 is 5.60 Å². The van der Waals surface area contributed by atoms with Crippen LogP contribution >= 0.6 is 0 Å². The van der Waals surface area contributed by atoms with Crippen LogP contribution in [0.1, 0.15) is 25.7 Å². The maximum absolute atomic E-state index is 10.0. The molecule has 2 aliphatic rings. The Bertz CT molecular complexity index is 149. The number of aliphatic hydroxyl groups is 1. The number of nitrogens with one attached hydrogen (secondary N) is 2. The molecule has 2 aliphatic heterocycles. The minimum atomic E-state index is -0.440. The minimum absolute atomic E-state index is 0.334. The Kier molecular flexibility index (Phi) is 2.35. The molecule has 3 heteroatoms. The van der Waals surface area contributed by atoms with Gasteiger partial charge >= 0.3 is 0 Å². The van der Waals surface area contributed by atoms with Crippen molar-refractivity contribution in [1.82, 2.24) is 10.6 Å². The van der Waals surface area contributed by atoms with Crippen molar-refractivity contribution in [1.29, 1.82) is 0 Å². The molecule has 0 bridgehead atoms. The normalized spacial score (nSPS) is 35.2. The molecular formula is C9H18N2O. The molecular weight excluding hydrogens is 152 g/mol. The molecule has 12 heavy (non-hydrogen) atoms. The van der Waals surface area contributed by atoms with E-state index in [1.165, 1.54) is 19.3 Å². The molecule has 0 aromatic carbocycles. The van der Waals surface area contributed by atoms with Gasteiger partial charge in [0, 0.05) is 19.1 Å². The summed E-state index contributed by atoms with van der Waals surface area (Å²) in [5.74, 6) is 0. The molecule has 0 aliphatic carbocycles. The van der Waals surface area contributed by atoms with Gasteiger partial charge in [-0.2, -0.15) is 0 Å². The highest BCUT2D eigenvalue weighted by molar-refractivity contribution is 5.02. The Hall–Kier alpha value is -0.120. The van der Waals surface area contributed by atoms with Gasteiger partial charge in [-0.1, -0.05) is 12.8 Å². The lowest BCUT2D eigenvalue weighted by atomic mass is 9.85. The lowest BCUT2D eigenvalue weighted by Gasteiger charge is -2.44. The molecule has 2 fully saturated rings. The minimum Gasteiger partial charge on any atom is -0.386 e. The zero-order valence-electron chi connectivity index (χ0n) is 7.47. The molecule has 0 aromatic rings. The summed E-state index contributed by atoms with van der Waals surface area (Å²) < 4.78 is 0. The largest absolute Gasteiger partial charge is 0.386 e. The van der Waals surface area contributed by atoms with Crippen molar-refractivity contribution in [2.24, 2.45) is 0 Å². The third kappa shape index (κ3) is 1.49. The molecule has 3 N–H and O–H groups in total. The maximum atomic E-state index is 10.0. The summed E-state index contributed by atoms with van der Waals surface area (Å²) in [6.45, 7) is 2.61. The fourth-order valence-corrected chi connectivity index (χ4v) is 2.11. The van der Waals surface area contributed by atoms with Gasteiger partial charge < -0.3 is 15.7 Å². The topological polar surface area (TPSA) is 44.3 Å². The highest BCUT2D eigenvalue weighted by Gasteiger charge is 2.41. The Morgan fingerprint density at radius 3 is 2.67 bits per heavy atom. The van der Waals surface area contributed by atoms with E-state index in [9.17, 15) is 5.11 Å². The number of hydrogen-bond donors (Lipinski definition) is 3. The van der Waals surface area contributed by atoms with Crippen LogP contribution in [0.2, 0.25) is 0 Å². The summed E-state index contributed by atoms with van der Waals surface area (Å²) in [6.07, 6.45) is 4.98. The van der Waals surface area contributed by atoms with Gasteiger partial charge in [-0.15, -0.1) is 0 Å². The molecule has 0 spiro atoms. The second-order valence-electron chi connectivity index (χ2n) is 4.06. The fourth-order valence-electron chi connectivity index (χ4n) is 2.11. The van der Waals surface area contributed by atoms with Crippen LogP contribution in [-0.4, -0.2) is 36.4 Å². The molecule has 1 atom stereocenters. The zero-order valence-corrected chi connectivity index (χ0v) is 7.47. The second kappa shape index (κ2) is 3.32. The zero-order chi connectivity index (χ0) is 8.44. The third-order valence-electron chi connectivity index (χ3n) is 3.07. The molecule has 1 unspecified atom stereocenters. The van der Waals surface area contributed by atoms with Crippen molar-refractivity contribution in [3.63, 3.8) is 0 Å². The maximum Gasteiger partial charge on any atom is 0.105 e. The van der Waals surface area contributed by atoms with Crippen LogP contribution in [0, 0.1) is 0 Å². The number of hydrogen-bond acceptors (Lipinski definition) is 3. The van der Waals surface area contributed by atoms with Crippen LogP contribution in [0.3, 0.4) is 0 Å². The SMILES string of the molecule is OC1(C2CCCCCN2)CNC1.